The fourth-order valence-corrected chi connectivity index (χ4v) is 1.39. The summed E-state index contributed by atoms with van der Waals surface area (Å²) in [6, 6.07) is 7.17. The van der Waals surface area contributed by atoms with Crippen LogP contribution in [-0.2, 0) is 0 Å². The van der Waals surface area contributed by atoms with Gasteiger partial charge in [0.1, 0.15) is 5.75 Å². The topological polar surface area (TPSA) is 89.7 Å². The van der Waals surface area contributed by atoms with Crippen LogP contribution in [0.3, 0.4) is 0 Å². The van der Waals surface area contributed by atoms with Crippen molar-refractivity contribution in [1.82, 2.24) is 20.6 Å². The molecule has 1 aromatic heterocycles. The zero-order valence-corrected chi connectivity index (χ0v) is 8.92. The Morgan fingerprint density at radius 3 is 2.69 bits per heavy atom. The second kappa shape index (κ2) is 4.71. The Labute approximate surface area is 92.8 Å². The molecule has 0 saturated carbocycles. The van der Waals surface area contributed by atoms with Crippen molar-refractivity contribution in [3.63, 3.8) is 0 Å². The molecule has 0 radical (unpaired) electrons. The molecule has 0 aliphatic rings. The highest BCUT2D eigenvalue weighted by Crippen LogP contribution is 2.19. The molecule has 16 heavy (non-hydrogen) atoms. The maximum Gasteiger partial charge on any atom is 0.195 e. The van der Waals surface area contributed by atoms with Crippen LogP contribution in [0.1, 0.15) is 24.4 Å². The van der Waals surface area contributed by atoms with E-state index in [4.69, 9.17) is 10.5 Å². The summed E-state index contributed by atoms with van der Waals surface area (Å²) in [7, 11) is 0. The highest BCUT2D eigenvalue weighted by Gasteiger charge is 2.12. The molecule has 0 fully saturated rings. The molecule has 2 rings (SSSR count). The number of rotatable bonds is 4. The Morgan fingerprint density at radius 2 is 2.12 bits per heavy atom. The Bertz CT molecular complexity index is 425. The van der Waals surface area contributed by atoms with Crippen LogP contribution in [0.5, 0.6) is 5.75 Å². The van der Waals surface area contributed by atoms with E-state index in [2.05, 4.69) is 20.6 Å². The normalized spacial score (nSPS) is 12.4. The minimum Gasteiger partial charge on any atom is -0.494 e. The van der Waals surface area contributed by atoms with Gasteiger partial charge in [0.05, 0.1) is 12.6 Å². The van der Waals surface area contributed by atoms with E-state index in [0.29, 0.717) is 12.4 Å². The van der Waals surface area contributed by atoms with Crippen molar-refractivity contribution < 1.29 is 4.74 Å². The van der Waals surface area contributed by atoms with Crippen molar-refractivity contribution in [2.75, 3.05) is 6.61 Å². The molecule has 1 unspecified atom stereocenters. The van der Waals surface area contributed by atoms with Gasteiger partial charge in [-0.3, -0.25) is 0 Å². The van der Waals surface area contributed by atoms with Gasteiger partial charge in [0, 0.05) is 0 Å². The maximum absolute atomic E-state index is 5.96. The van der Waals surface area contributed by atoms with Gasteiger partial charge in [-0.05, 0) is 24.6 Å². The molecular weight excluding hydrogens is 206 g/mol. The lowest BCUT2D eigenvalue weighted by Crippen LogP contribution is -2.13. The van der Waals surface area contributed by atoms with Gasteiger partial charge >= 0.3 is 0 Å². The van der Waals surface area contributed by atoms with Crippen molar-refractivity contribution in [3.05, 3.63) is 35.7 Å². The highest BCUT2D eigenvalue weighted by molar-refractivity contribution is 5.31. The smallest absolute Gasteiger partial charge is 0.195 e. The van der Waals surface area contributed by atoms with E-state index < -0.39 is 0 Å². The second-order valence-corrected chi connectivity index (χ2v) is 3.25. The number of nitrogens with two attached hydrogens (primary N) is 1. The molecule has 6 nitrogen and oxygen atoms in total. The number of nitrogens with zero attached hydrogens (tertiary/aromatic N) is 3. The summed E-state index contributed by atoms with van der Waals surface area (Å²) >= 11 is 0. The first-order chi connectivity index (χ1) is 7.81. The van der Waals surface area contributed by atoms with Crippen molar-refractivity contribution in [2.45, 2.75) is 13.0 Å². The van der Waals surface area contributed by atoms with Gasteiger partial charge in [-0.1, -0.05) is 17.3 Å². The number of hydrogen-bond acceptors (Lipinski definition) is 5. The average molecular weight is 219 g/mol. The van der Waals surface area contributed by atoms with Crippen molar-refractivity contribution in [2.24, 2.45) is 5.73 Å². The molecule has 1 aromatic carbocycles. The SMILES string of the molecule is CCOc1ccc(C(N)c2nn[nH]n2)cc1. The zero-order valence-electron chi connectivity index (χ0n) is 8.92. The van der Waals surface area contributed by atoms with E-state index >= 15 is 0 Å². The Kier molecular flexibility index (Phi) is 3.11. The number of nitrogens with one attached hydrogen (secondary N) is 1. The van der Waals surface area contributed by atoms with Crippen LogP contribution in [0.25, 0.3) is 0 Å². The molecule has 0 spiro atoms. The van der Waals surface area contributed by atoms with Crippen LogP contribution < -0.4 is 10.5 Å². The zero-order chi connectivity index (χ0) is 11.4. The van der Waals surface area contributed by atoms with Gasteiger partial charge in [0.25, 0.3) is 0 Å². The third-order valence-corrected chi connectivity index (χ3v) is 2.19. The van der Waals surface area contributed by atoms with Crippen LogP contribution in [0.4, 0.5) is 0 Å². The lowest BCUT2D eigenvalue weighted by molar-refractivity contribution is 0.340. The number of ether oxygens (including phenoxy) is 1. The van der Waals surface area contributed by atoms with E-state index in [1.165, 1.54) is 0 Å². The first-order valence-corrected chi connectivity index (χ1v) is 5.03. The second-order valence-electron chi connectivity index (χ2n) is 3.25. The summed E-state index contributed by atoms with van der Waals surface area (Å²) < 4.78 is 5.34. The van der Waals surface area contributed by atoms with Crippen molar-refractivity contribution in [3.8, 4) is 5.75 Å². The number of H-pyrrole nitrogens is 1. The quantitative estimate of drug-likeness (QED) is 0.787. The molecule has 1 heterocycles. The predicted molar refractivity (Wildman–Crippen MR) is 57.8 cm³/mol. The van der Waals surface area contributed by atoms with Crippen molar-refractivity contribution in [1.29, 1.82) is 0 Å². The van der Waals surface area contributed by atoms with Crippen LogP contribution in [0.15, 0.2) is 24.3 Å². The number of aromatic amines is 1. The standard InChI is InChI=1S/C10H13N5O/c1-2-16-8-5-3-7(4-6-8)9(11)10-12-14-15-13-10/h3-6,9H,2,11H2,1H3,(H,12,13,14,15). The number of aromatic nitrogens is 4. The van der Waals surface area contributed by atoms with Gasteiger partial charge in [-0.25, -0.2) is 0 Å². The molecule has 84 valence electrons. The largest absolute Gasteiger partial charge is 0.494 e. The van der Waals surface area contributed by atoms with E-state index in [9.17, 15) is 0 Å². The molecule has 0 amide bonds. The minimum atomic E-state index is -0.366. The molecule has 3 N–H and O–H groups in total. The first-order valence-electron chi connectivity index (χ1n) is 5.03. The van der Waals surface area contributed by atoms with Crippen LogP contribution in [-0.4, -0.2) is 27.2 Å². The molecule has 0 aliphatic carbocycles. The van der Waals surface area contributed by atoms with Gasteiger partial charge in [0.15, 0.2) is 5.82 Å². The predicted octanol–water partition coefficient (Wildman–Crippen LogP) is 0.646. The third kappa shape index (κ3) is 2.17. The van der Waals surface area contributed by atoms with Gasteiger partial charge in [-0.2, -0.15) is 5.21 Å². The molecule has 6 heteroatoms. The molecule has 0 saturated heterocycles. The number of hydrogen-bond donors (Lipinski definition) is 2. The monoisotopic (exact) mass is 219 g/mol. The van der Waals surface area contributed by atoms with Gasteiger partial charge in [0.2, 0.25) is 0 Å². The summed E-state index contributed by atoms with van der Waals surface area (Å²) in [5.41, 5.74) is 6.88. The lowest BCUT2D eigenvalue weighted by atomic mass is 10.1. The van der Waals surface area contributed by atoms with Crippen LogP contribution >= 0.6 is 0 Å². The summed E-state index contributed by atoms with van der Waals surface area (Å²) in [5.74, 6) is 1.30. The average Bonchev–Trinajstić information content (AvgIpc) is 2.83. The van der Waals surface area contributed by atoms with E-state index in [1.807, 2.05) is 31.2 Å². The summed E-state index contributed by atoms with van der Waals surface area (Å²) in [6.45, 7) is 2.59. The molecule has 2 aromatic rings. The van der Waals surface area contributed by atoms with E-state index in [0.717, 1.165) is 11.3 Å². The van der Waals surface area contributed by atoms with E-state index in [1.54, 1.807) is 0 Å². The fraction of sp³-hybridized carbons (Fsp3) is 0.300. The Balaban J connectivity index is 2.15. The van der Waals surface area contributed by atoms with Crippen LogP contribution in [0, 0.1) is 0 Å². The summed E-state index contributed by atoms with van der Waals surface area (Å²) in [6.07, 6.45) is 0. The molecule has 1 atom stereocenters. The Hall–Kier alpha value is -1.95. The number of tetrazole rings is 1. The van der Waals surface area contributed by atoms with Crippen LogP contribution in [0.2, 0.25) is 0 Å². The number of benzene rings is 1. The highest BCUT2D eigenvalue weighted by atomic mass is 16.5. The minimum absolute atomic E-state index is 0.366. The Morgan fingerprint density at radius 1 is 1.38 bits per heavy atom. The first kappa shape index (κ1) is 10.6. The lowest BCUT2D eigenvalue weighted by Gasteiger charge is -2.08. The molecular formula is C10H13N5O. The molecule has 0 aliphatic heterocycles. The maximum atomic E-state index is 5.96. The van der Waals surface area contributed by atoms with Gasteiger partial charge < -0.3 is 10.5 Å². The summed E-state index contributed by atoms with van der Waals surface area (Å²) in [5, 5.41) is 13.5. The molecule has 0 bridgehead atoms. The fourth-order valence-electron chi connectivity index (χ4n) is 1.39. The van der Waals surface area contributed by atoms with Crippen molar-refractivity contribution >= 4 is 0 Å². The van der Waals surface area contributed by atoms with E-state index in [-0.39, 0.29) is 6.04 Å². The summed E-state index contributed by atoms with van der Waals surface area (Å²) in [4.78, 5) is 0. The van der Waals surface area contributed by atoms with Gasteiger partial charge in [-0.15, -0.1) is 10.2 Å². The third-order valence-electron chi connectivity index (χ3n) is 2.19.